The van der Waals surface area contributed by atoms with E-state index in [-0.39, 0.29) is 5.91 Å². The maximum absolute atomic E-state index is 11.9. The van der Waals surface area contributed by atoms with Gasteiger partial charge in [0.25, 0.3) is 5.91 Å². The normalized spacial score (nSPS) is 10.7. The Kier molecular flexibility index (Phi) is 6.09. The summed E-state index contributed by atoms with van der Waals surface area (Å²) in [5.74, 6) is -0.102. The lowest BCUT2D eigenvalue weighted by atomic mass is 10.2. The third kappa shape index (κ3) is 4.63. The highest BCUT2D eigenvalue weighted by Gasteiger charge is 2.08. The van der Waals surface area contributed by atoms with Crippen LogP contribution in [0.2, 0.25) is 5.15 Å². The van der Waals surface area contributed by atoms with Gasteiger partial charge in [-0.1, -0.05) is 25.4 Å². The molecule has 0 radical (unpaired) electrons. The van der Waals surface area contributed by atoms with E-state index in [1.165, 1.54) is 0 Å². The molecule has 5 heteroatoms. The van der Waals surface area contributed by atoms with E-state index >= 15 is 0 Å². The fraction of sp³-hybridized carbons (Fsp3) is 0.538. The third-order valence-electron chi connectivity index (χ3n) is 2.79. The second-order valence-electron chi connectivity index (χ2n) is 4.10. The van der Waals surface area contributed by atoms with Gasteiger partial charge in [-0.05, 0) is 32.1 Å². The van der Waals surface area contributed by atoms with Crippen LogP contribution >= 0.6 is 11.6 Å². The number of halogens is 1. The Labute approximate surface area is 113 Å². The molecule has 0 aliphatic heterocycles. The monoisotopic (exact) mass is 269 g/mol. The van der Waals surface area contributed by atoms with Crippen LogP contribution in [0.5, 0.6) is 0 Å². The zero-order valence-corrected chi connectivity index (χ0v) is 11.9. The van der Waals surface area contributed by atoms with E-state index in [0.717, 1.165) is 25.3 Å². The molecule has 0 saturated heterocycles. The van der Waals surface area contributed by atoms with Crippen molar-refractivity contribution in [1.29, 1.82) is 0 Å². The standard InChI is InChI=1S/C13H20ClN3O/c1-4-17(5-2)7-6-15-13(18)11-8-10(3)16-12(14)9-11/h8-9H,4-7H2,1-3H3,(H,15,18). The van der Waals surface area contributed by atoms with Crippen LogP contribution in [0.3, 0.4) is 0 Å². The molecule has 1 rings (SSSR count). The maximum atomic E-state index is 11.9. The number of carbonyl (C=O) groups excluding carboxylic acids is 1. The fourth-order valence-corrected chi connectivity index (χ4v) is 1.98. The number of nitrogens with zero attached hydrogens (tertiary/aromatic N) is 2. The lowest BCUT2D eigenvalue weighted by molar-refractivity contribution is 0.0948. The predicted octanol–water partition coefficient (Wildman–Crippen LogP) is 2.12. The van der Waals surface area contributed by atoms with Crippen molar-refractivity contribution >= 4 is 17.5 Å². The molecule has 1 aromatic heterocycles. The molecule has 18 heavy (non-hydrogen) atoms. The lowest BCUT2D eigenvalue weighted by Crippen LogP contribution is -2.34. The molecule has 0 unspecified atom stereocenters. The number of likely N-dealkylation sites (N-methyl/N-ethyl adjacent to an activating group) is 1. The molecule has 1 heterocycles. The summed E-state index contributed by atoms with van der Waals surface area (Å²) in [5.41, 5.74) is 1.31. The van der Waals surface area contributed by atoms with Gasteiger partial charge in [0, 0.05) is 24.3 Å². The number of hydrogen-bond donors (Lipinski definition) is 1. The Morgan fingerprint density at radius 2 is 2.06 bits per heavy atom. The average Bonchev–Trinajstić information content (AvgIpc) is 2.33. The summed E-state index contributed by atoms with van der Waals surface area (Å²) < 4.78 is 0. The zero-order chi connectivity index (χ0) is 13.5. The Morgan fingerprint density at radius 1 is 1.39 bits per heavy atom. The summed E-state index contributed by atoms with van der Waals surface area (Å²) in [6.07, 6.45) is 0. The summed E-state index contributed by atoms with van der Waals surface area (Å²) >= 11 is 5.82. The van der Waals surface area contributed by atoms with E-state index in [0.29, 0.717) is 17.3 Å². The molecule has 4 nitrogen and oxygen atoms in total. The summed E-state index contributed by atoms with van der Waals surface area (Å²) in [6, 6.07) is 3.32. The predicted molar refractivity (Wildman–Crippen MR) is 74.1 cm³/mol. The number of carbonyl (C=O) groups is 1. The highest BCUT2D eigenvalue weighted by atomic mass is 35.5. The fourth-order valence-electron chi connectivity index (χ4n) is 1.73. The Balaban J connectivity index is 2.50. The number of pyridine rings is 1. The summed E-state index contributed by atoms with van der Waals surface area (Å²) in [7, 11) is 0. The number of hydrogen-bond acceptors (Lipinski definition) is 3. The Hall–Kier alpha value is -1.13. The molecule has 100 valence electrons. The van der Waals surface area contributed by atoms with E-state index in [4.69, 9.17) is 11.6 Å². The molecule has 0 fully saturated rings. The van der Waals surface area contributed by atoms with Gasteiger partial charge < -0.3 is 10.2 Å². The Bertz CT molecular complexity index is 385. The van der Waals surface area contributed by atoms with Gasteiger partial charge in [0.2, 0.25) is 0 Å². The summed E-state index contributed by atoms with van der Waals surface area (Å²) in [4.78, 5) is 18.2. The van der Waals surface area contributed by atoms with Gasteiger partial charge >= 0.3 is 0 Å². The number of nitrogens with one attached hydrogen (secondary N) is 1. The molecule has 0 spiro atoms. The molecule has 0 bridgehead atoms. The van der Waals surface area contributed by atoms with E-state index in [9.17, 15) is 4.79 Å². The van der Waals surface area contributed by atoms with Crippen LogP contribution in [0.1, 0.15) is 29.9 Å². The van der Waals surface area contributed by atoms with Crippen molar-refractivity contribution < 1.29 is 4.79 Å². The summed E-state index contributed by atoms with van der Waals surface area (Å²) in [6.45, 7) is 9.52. The van der Waals surface area contributed by atoms with Gasteiger partial charge in [0.05, 0.1) is 0 Å². The van der Waals surface area contributed by atoms with E-state index < -0.39 is 0 Å². The van der Waals surface area contributed by atoms with Gasteiger partial charge in [0.15, 0.2) is 0 Å². The first-order valence-corrected chi connectivity index (χ1v) is 6.59. The van der Waals surface area contributed by atoms with Crippen molar-refractivity contribution in [3.8, 4) is 0 Å². The molecule has 0 aliphatic carbocycles. The zero-order valence-electron chi connectivity index (χ0n) is 11.2. The Morgan fingerprint density at radius 3 is 2.61 bits per heavy atom. The maximum Gasteiger partial charge on any atom is 0.251 e. The second-order valence-corrected chi connectivity index (χ2v) is 4.49. The van der Waals surface area contributed by atoms with Crippen molar-refractivity contribution in [2.45, 2.75) is 20.8 Å². The van der Waals surface area contributed by atoms with Gasteiger partial charge in [0.1, 0.15) is 5.15 Å². The van der Waals surface area contributed by atoms with Gasteiger partial charge in [-0.2, -0.15) is 0 Å². The summed E-state index contributed by atoms with van der Waals surface area (Å²) in [5, 5.41) is 3.24. The third-order valence-corrected chi connectivity index (χ3v) is 2.99. The molecular weight excluding hydrogens is 250 g/mol. The first-order valence-electron chi connectivity index (χ1n) is 6.21. The van der Waals surface area contributed by atoms with Crippen molar-refractivity contribution in [2.24, 2.45) is 0 Å². The van der Waals surface area contributed by atoms with Gasteiger partial charge in [-0.25, -0.2) is 4.98 Å². The topological polar surface area (TPSA) is 45.2 Å². The number of aryl methyl sites for hydroxylation is 1. The molecule has 1 amide bonds. The smallest absolute Gasteiger partial charge is 0.251 e. The van der Waals surface area contributed by atoms with Crippen LogP contribution < -0.4 is 5.32 Å². The second kappa shape index (κ2) is 7.34. The van der Waals surface area contributed by atoms with Crippen molar-refractivity contribution in [1.82, 2.24) is 15.2 Å². The first-order chi connectivity index (χ1) is 8.56. The van der Waals surface area contributed by atoms with Crippen LogP contribution in [0.15, 0.2) is 12.1 Å². The molecule has 1 N–H and O–H groups in total. The minimum Gasteiger partial charge on any atom is -0.351 e. The first kappa shape index (κ1) is 14.9. The van der Waals surface area contributed by atoms with Gasteiger partial charge in [-0.3, -0.25) is 4.79 Å². The minimum absolute atomic E-state index is 0.102. The average molecular weight is 270 g/mol. The number of aromatic nitrogens is 1. The number of rotatable bonds is 6. The lowest BCUT2D eigenvalue weighted by Gasteiger charge is -2.17. The molecule has 0 aromatic carbocycles. The molecule has 0 aliphatic rings. The van der Waals surface area contributed by atoms with Crippen LogP contribution in [-0.2, 0) is 0 Å². The van der Waals surface area contributed by atoms with E-state index in [1.807, 2.05) is 6.92 Å². The SMILES string of the molecule is CCN(CC)CCNC(=O)c1cc(C)nc(Cl)c1. The number of amides is 1. The minimum atomic E-state index is -0.102. The quantitative estimate of drug-likeness (QED) is 0.805. The van der Waals surface area contributed by atoms with Crippen LogP contribution in [0, 0.1) is 6.92 Å². The molecule has 0 atom stereocenters. The van der Waals surface area contributed by atoms with Crippen molar-refractivity contribution in [3.63, 3.8) is 0 Å². The molecule has 0 saturated carbocycles. The van der Waals surface area contributed by atoms with E-state index in [1.54, 1.807) is 12.1 Å². The highest BCUT2D eigenvalue weighted by molar-refractivity contribution is 6.29. The van der Waals surface area contributed by atoms with E-state index in [2.05, 4.69) is 29.0 Å². The van der Waals surface area contributed by atoms with Crippen LogP contribution in [0.25, 0.3) is 0 Å². The largest absolute Gasteiger partial charge is 0.351 e. The van der Waals surface area contributed by atoms with Gasteiger partial charge in [-0.15, -0.1) is 0 Å². The van der Waals surface area contributed by atoms with Crippen LogP contribution in [0.4, 0.5) is 0 Å². The van der Waals surface area contributed by atoms with Crippen molar-refractivity contribution in [2.75, 3.05) is 26.2 Å². The van der Waals surface area contributed by atoms with Crippen LogP contribution in [-0.4, -0.2) is 42.0 Å². The molecular formula is C13H20ClN3O. The molecule has 1 aromatic rings. The highest BCUT2D eigenvalue weighted by Crippen LogP contribution is 2.10. The van der Waals surface area contributed by atoms with Crippen molar-refractivity contribution in [3.05, 3.63) is 28.5 Å².